The van der Waals surface area contributed by atoms with Crippen LogP contribution in [0.15, 0.2) is 10.5 Å². The second kappa shape index (κ2) is 12.6. The second-order valence-corrected chi connectivity index (χ2v) is 9.03. The van der Waals surface area contributed by atoms with Crippen LogP contribution in [0.4, 0.5) is 5.13 Å². The molecule has 1 fully saturated rings. The number of rotatable bonds is 9. The second-order valence-electron chi connectivity index (χ2n) is 6.85. The Kier molecular flexibility index (Phi) is 12.1. The molecule has 1 aliphatic heterocycles. The average Bonchev–Trinajstić information content (AvgIpc) is 3.07. The van der Waals surface area contributed by atoms with Crippen LogP contribution in [-0.2, 0) is 39.1 Å². The van der Waals surface area contributed by atoms with Gasteiger partial charge >= 0.3 is 81.4 Å². The van der Waals surface area contributed by atoms with Crippen LogP contribution in [0, 0.1) is 0 Å². The molecule has 0 unspecified atom stereocenters. The Morgan fingerprint density at radius 2 is 1.94 bits per heavy atom. The summed E-state index contributed by atoms with van der Waals surface area (Å²) in [7, 11) is -5.00. The van der Waals surface area contributed by atoms with Crippen molar-refractivity contribution in [3.8, 4) is 0 Å². The number of hydrogen-bond acceptors (Lipinski definition) is 12. The third-order valence-electron chi connectivity index (χ3n) is 4.02. The number of nitrogen functional groups attached to an aromatic ring is 1. The number of thiazole rings is 1. The van der Waals surface area contributed by atoms with Gasteiger partial charge in [-0.25, -0.2) is 14.1 Å². The first kappa shape index (κ1) is 32.7. The Balaban J connectivity index is 0.00000544. The molecule has 2 heterocycles. The van der Waals surface area contributed by atoms with Crippen LogP contribution in [0.3, 0.4) is 0 Å². The number of ether oxygens (including phenoxy) is 1. The van der Waals surface area contributed by atoms with E-state index in [4.69, 9.17) is 20.4 Å². The monoisotopic (exact) mass is 541 g/mol. The zero-order valence-electron chi connectivity index (χ0n) is 16.8. The van der Waals surface area contributed by atoms with Gasteiger partial charge in [-0.2, -0.15) is 8.42 Å². The van der Waals surface area contributed by atoms with Crippen LogP contribution in [0.5, 0.6) is 0 Å². The Bertz CT molecular complexity index is 1090. The van der Waals surface area contributed by atoms with Gasteiger partial charge in [0.05, 0.1) is 0 Å². The maximum atomic E-state index is 12.8. The van der Waals surface area contributed by atoms with Crippen molar-refractivity contribution in [2.24, 2.45) is 5.16 Å². The molecule has 0 saturated carbocycles. The molecule has 1 aromatic heterocycles. The molecule has 2 atom stereocenters. The summed E-state index contributed by atoms with van der Waals surface area (Å²) >= 11 is 0.934. The number of carbonyl (C=O) groups excluding carboxylic acids is 3. The van der Waals surface area contributed by atoms with E-state index in [2.05, 4.69) is 15.5 Å². The van der Waals surface area contributed by atoms with Gasteiger partial charge < -0.3 is 25.7 Å². The zero-order valence-corrected chi connectivity index (χ0v) is 18.5. The molecule has 0 aromatic carbocycles. The summed E-state index contributed by atoms with van der Waals surface area (Å²) in [4.78, 5) is 56.1. The molecule has 5 N–H and O–H groups in total. The van der Waals surface area contributed by atoms with Crippen molar-refractivity contribution in [3.05, 3.63) is 11.1 Å². The van der Waals surface area contributed by atoms with Crippen molar-refractivity contribution < 1.29 is 46.8 Å². The predicted molar refractivity (Wildman–Crippen MR) is 121 cm³/mol. The van der Waals surface area contributed by atoms with E-state index in [1.54, 1.807) is 0 Å². The Morgan fingerprint density at radius 3 is 2.38 bits per heavy atom. The zero-order chi connectivity index (χ0) is 24.4. The SMILES string of the molecule is CC(=O)OC[C@H]1[C@@H](NC(=O)/C(=N/OC(C)(C)C(=O)O)c2csc(N)n2)C(=O)N1S(=O)(=O)O.[NaH].[NaH]. The molecular weight excluding hydrogens is 520 g/mol. The fraction of sp³-hybridized carbons (Fsp3) is 0.467. The molecule has 1 aliphatic rings. The summed E-state index contributed by atoms with van der Waals surface area (Å²) in [5, 5.41) is 16.2. The van der Waals surface area contributed by atoms with Gasteiger partial charge in [0.2, 0.25) is 5.60 Å². The number of carboxylic acid groups (broad SMARTS) is 1. The normalized spacial score (nSPS) is 18.1. The van der Waals surface area contributed by atoms with Crippen molar-refractivity contribution >= 4 is 115 Å². The summed E-state index contributed by atoms with van der Waals surface area (Å²) in [6.45, 7) is 2.71. The number of carboxylic acids is 1. The van der Waals surface area contributed by atoms with Crippen LogP contribution >= 0.6 is 11.3 Å². The van der Waals surface area contributed by atoms with Crippen LogP contribution < -0.4 is 11.1 Å². The van der Waals surface area contributed by atoms with Gasteiger partial charge in [-0.15, -0.1) is 11.3 Å². The van der Waals surface area contributed by atoms with Crippen molar-refractivity contribution in [1.29, 1.82) is 0 Å². The first-order valence-corrected chi connectivity index (χ1v) is 10.9. The molecule has 0 bridgehead atoms. The third-order valence-corrected chi connectivity index (χ3v) is 5.64. The fourth-order valence-electron chi connectivity index (χ4n) is 2.34. The number of nitrogens with two attached hydrogens (primary N) is 1. The van der Waals surface area contributed by atoms with Crippen molar-refractivity contribution in [3.63, 3.8) is 0 Å². The number of nitrogens with zero attached hydrogens (tertiary/aromatic N) is 3. The summed E-state index contributed by atoms with van der Waals surface area (Å²) in [6.07, 6.45) is 0. The topological polar surface area (TPSA) is 228 Å². The molecule has 19 heteroatoms. The molecule has 180 valence electrons. The molecule has 0 radical (unpaired) electrons. The van der Waals surface area contributed by atoms with Crippen LogP contribution in [0.1, 0.15) is 26.5 Å². The molecular formula is C15H21N5Na2O10S2. The van der Waals surface area contributed by atoms with Crippen LogP contribution in [-0.4, -0.2) is 140 Å². The van der Waals surface area contributed by atoms with Gasteiger partial charge in [-0.1, -0.05) is 5.16 Å². The minimum atomic E-state index is -5.00. The van der Waals surface area contributed by atoms with Gasteiger partial charge in [0.25, 0.3) is 11.8 Å². The van der Waals surface area contributed by atoms with E-state index in [1.165, 1.54) is 19.2 Å². The van der Waals surface area contributed by atoms with E-state index in [0.29, 0.717) is 0 Å². The summed E-state index contributed by atoms with van der Waals surface area (Å²) in [6, 6.07) is -2.97. The third kappa shape index (κ3) is 7.85. The standard InChI is InChI=1S/C15H19N5O10S2.2Na.2H/c1-6(21)29-4-8-10(12(23)20(8)32(26,27)28)18-11(22)9(7-5-31-14(16)17-7)19-30-15(2,3)13(24)25;;;;/h5,8,10H,4H2,1-3H3,(H2,16,17)(H,18,22)(H,24,25)(H,26,27,28);;;;/b19-9+;;;;/t8-,10+;;;;/m0..../s1. The van der Waals surface area contributed by atoms with Crippen molar-refractivity contribution in [2.75, 3.05) is 12.3 Å². The van der Waals surface area contributed by atoms with Gasteiger partial charge in [0.1, 0.15) is 24.4 Å². The number of β-lactam (4-membered cyclic amide) rings is 1. The number of esters is 1. The predicted octanol–water partition coefficient (Wildman–Crippen LogP) is -2.93. The fourth-order valence-corrected chi connectivity index (χ4v) is 3.75. The number of carbonyl (C=O) groups is 4. The average molecular weight is 541 g/mol. The molecule has 15 nitrogen and oxygen atoms in total. The molecule has 1 saturated heterocycles. The Morgan fingerprint density at radius 1 is 1.35 bits per heavy atom. The number of oxime groups is 1. The Hall–Kier alpha value is -1.31. The minimum absolute atomic E-state index is 0. The quantitative estimate of drug-likeness (QED) is 0.0615. The van der Waals surface area contributed by atoms with Crippen LogP contribution in [0.2, 0.25) is 0 Å². The van der Waals surface area contributed by atoms with Crippen LogP contribution in [0.25, 0.3) is 0 Å². The summed E-state index contributed by atoms with van der Waals surface area (Å²) < 4.78 is 36.8. The summed E-state index contributed by atoms with van der Waals surface area (Å²) in [5.41, 5.74) is 3.04. The number of amides is 2. The van der Waals surface area contributed by atoms with E-state index in [9.17, 15) is 32.1 Å². The number of anilines is 1. The van der Waals surface area contributed by atoms with E-state index in [1.807, 2.05) is 0 Å². The molecule has 1 aromatic rings. The number of hydrogen-bond donors (Lipinski definition) is 4. The van der Waals surface area contributed by atoms with Crippen molar-refractivity contribution in [2.45, 2.75) is 38.5 Å². The van der Waals surface area contributed by atoms with Gasteiger partial charge in [0.15, 0.2) is 10.8 Å². The van der Waals surface area contributed by atoms with Crippen molar-refractivity contribution in [1.82, 2.24) is 14.6 Å². The maximum absolute atomic E-state index is 12.8. The van der Waals surface area contributed by atoms with E-state index >= 15 is 0 Å². The molecule has 2 amide bonds. The molecule has 0 spiro atoms. The van der Waals surface area contributed by atoms with E-state index in [0.717, 1.165) is 18.3 Å². The summed E-state index contributed by atoms with van der Waals surface area (Å²) in [5.74, 6) is -4.49. The first-order chi connectivity index (χ1) is 14.6. The van der Waals surface area contributed by atoms with E-state index < -0.39 is 64.1 Å². The number of nitrogens with one attached hydrogen (secondary N) is 1. The number of aliphatic carboxylic acids is 1. The van der Waals surface area contributed by atoms with Gasteiger partial charge in [-0.05, 0) is 13.8 Å². The first-order valence-electron chi connectivity index (χ1n) is 8.61. The van der Waals surface area contributed by atoms with Gasteiger partial charge in [0, 0.05) is 12.3 Å². The Labute approximate surface area is 241 Å². The van der Waals surface area contributed by atoms with Gasteiger partial charge in [-0.3, -0.25) is 18.9 Å². The molecule has 2 rings (SSSR count). The van der Waals surface area contributed by atoms with E-state index in [-0.39, 0.29) is 74.2 Å². The molecule has 34 heavy (non-hydrogen) atoms. The molecule has 0 aliphatic carbocycles. The number of aromatic nitrogens is 1.